The van der Waals surface area contributed by atoms with Crippen molar-refractivity contribution in [2.45, 2.75) is 44.8 Å². The summed E-state index contributed by atoms with van der Waals surface area (Å²) in [5.41, 5.74) is 1.30. The minimum atomic E-state index is 0.852. The molecule has 1 saturated heterocycles. The predicted molar refractivity (Wildman–Crippen MR) is 94.7 cm³/mol. The Balaban J connectivity index is 1.33. The maximum Gasteiger partial charge on any atom is 0.147 e. The summed E-state index contributed by atoms with van der Waals surface area (Å²) in [5, 5.41) is 8.50. The van der Waals surface area contributed by atoms with Gasteiger partial charge < -0.3 is 4.57 Å². The van der Waals surface area contributed by atoms with Gasteiger partial charge in [-0.25, -0.2) is 0 Å². The molecule has 0 N–H and O–H groups in total. The zero-order valence-corrected chi connectivity index (χ0v) is 14.3. The molecule has 5 nitrogen and oxygen atoms in total. The molecule has 2 aliphatic rings. The molecule has 2 aromatic rings. The summed E-state index contributed by atoms with van der Waals surface area (Å²) in [6.07, 6.45) is 7.52. The van der Waals surface area contributed by atoms with Crippen LogP contribution in [0.25, 0.3) is 0 Å². The first-order valence-electron chi connectivity index (χ1n) is 9.25. The molecule has 5 heteroatoms. The van der Waals surface area contributed by atoms with E-state index < -0.39 is 0 Å². The van der Waals surface area contributed by atoms with Gasteiger partial charge in [0.25, 0.3) is 0 Å². The summed E-state index contributed by atoms with van der Waals surface area (Å²) in [4.78, 5) is 5.23. The van der Waals surface area contributed by atoms with E-state index in [0.717, 1.165) is 38.0 Å². The summed E-state index contributed by atoms with van der Waals surface area (Å²) >= 11 is 0. The van der Waals surface area contributed by atoms with Crippen molar-refractivity contribution in [1.29, 1.82) is 0 Å². The van der Waals surface area contributed by atoms with Crippen LogP contribution in [0.3, 0.4) is 0 Å². The van der Waals surface area contributed by atoms with E-state index in [2.05, 4.69) is 54.9 Å². The lowest BCUT2D eigenvalue weighted by Crippen LogP contribution is -2.49. The lowest BCUT2D eigenvalue weighted by molar-refractivity contribution is 0.0914. The van der Waals surface area contributed by atoms with E-state index in [1.54, 1.807) is 0 Å². The van der Waals surface area contributed by atoms with Gasteiger partial charge in [0.1, 0.15) is 12.2 Å². The molecular formula is C19H27N5. The summed E-state index contributed by atoms with van der Waals surface area (Å²) in [5.74, 6) is 1.08. The zero-order chi connectivity index (χ0) is 16.2. The normalized spacial score (nSPS) is 20.7. The van der Waals surface area contributed by atoms with Gasteiger partial charge in [0.05, 0.1) is 13.1 Å². The fraction of sp³-hybridized carbons (Fsp3) is 0.579. The number of nitrogens with zero attached hydrogens (tertiary/aromatic N) is 5. The Hall–Kier alpha value is -1.72. The standard InChI is InChI=1S/C19H27N5/c1-2-6-17(7-3-1)14-24-16-20-21-19(24)15-22-10-12-23(13-11-22)18-8-4-5-9-18/h1-3,6-7,16,18H,4-5,8-15H2. The van der Waals surface area contributed by atoms with Crippen LogP contribution in [-0.4, -0.2) is 56.8 Å². The number of hydrogen-bond acceptors (Lipinski definition) is 4. The molecule has 0 atom stereocenters. The van der Waals surface area contributed by atoms with Gasteiger partial charge in [-0.15, -0.1) is 10.2 Å². The maximum atomic E-state index is 4.36. The first kappa shape index (κ1) is 15.8. The number of hydrogen-bond donors (Lipinski definition) is 0. The predicted octanol–water partition coefficient (Wildman–Crippen LogP) is 2.39. The minimum Gasteiger partial charge on any atom is -0.312 e. The second-order valence-corrected chi connectivity index (χ2v) is 7.11. The van der Waals surface area contributed by atoms with Gasteiger partial charge in [-0.3, -0.25) is 9.80 Å². The highest BCUT2D eigenvalue weighted by Crippen LogP contribution is 2.24. The molecule has 24 heavy (non-hydrogen) atoms. The number of rotatable bonds is 5. The summed E-state index contributed by atoms with van der Waals surface area (Å²) in [6.45, 7) is 6.47. The lowest BCUT2D eigenvalue weighted by atomic mass is 10.2. The van der Waals surface area contributed by atoms with E-state index in [4.69, 9.17) is 0 Å². The van der Waals surface area contributed by atoms with Crippen LogP contribution in [0, 0.1) is 0 Å². The van der Waals surface area contributed by atoms with Gasteiger partial charge >= 0.3 is 0 Å². The largest absolute Gasteiger partial charge is 0.312 e. The average Bonchev–Trinajstić information content (AvgIpc) is 3.29. The third-order valence-electron chi connectivity index (χ3n) is 5.50. The molecule has 0 amide bonds. The number of benzene rings is 1. The Bertz CT molecular complexity index is 624. The Kier molecular flexibility index (Phi) is 4.90. The molecule has 1 saturated carbocycles. The first-order chi connectivity index (χ1) is 11.9. The van der Waals surface area contributed by atoms with Crippen molar-refractivity contribution >= 4 is 0 Å². The van der Waals surface area contributed by atoms with E-state index in [9.17, 15) is 0 Å². The molecular weight excluding hydrogens is 298 g/mol. The quantitative estimate of drug-likeness (QED) is 0.846. The van der Waals surface area contributed by atoms with Crippen LogP contribution >= 0.6 is 0 Å². The van der Waals surface area contributed by atoms with Crippen LogP contribution in [0.2, 0.25) is 0 Å². The molecule has 2 fully saturated rings. The van der Waals surface area contributed by atoms with Crippen molar-refractivity contribution in [3.8, 4) is 0 Å². The van der Waals surface area contributed by atoms with Gasteiger partial charge in [-0.2, -0.15) is 0 Å². The molecule has 1 aromatic heterocycles. The van der Waals surface area contributed by atoms with Gasteiger partial charge in [0.15, 0.2) is 0 Å². The molecule has 4 rings (SSSR count). The SMILES string of the molecule is c1ccc(Cn2cnnc2CN2CCN(C3CCCC3)CC2)cc1. The molecule has 1 aliphatic carbocycles. The Morgan fingerprint density at radius 2 is 1.67 bits per heavy atom. The zero-order valence-electron chi connectivity index (χ0n) is 14.3. The number of aromatic nitrogens is 3. The van der Waals surface area contributed by atoms with E-state index in [1.165, 1.54) is 44.3 Å². The van der Waals surface area contributed by atoms with Crippen LogP contribution in [0.5, 0.6) is 0 Å². The monoisotopic (exact) mass is 325 g/mol. The molecule has 0 spiro atoms. The first-order valence-corrected chi connectivity index (χ1v) is 9.25. The van der Waals surface area contributed by atoms with E-state index in [-0.39, 0.29) is 0 Å². The van der Waals surface area contributed by atoms with E-state index in [1.807, 2.05) is 6.33 Å². The number of piperazine rings is 1. The van der Waals surface area contributed by atoms with Crippen LogP contribution in [0.1, 0.15) is 37.1 Å². The van der Waals surface area contributed by atoms with Gasteiger partial charge in [-0.05, 0) is 18.4 Å². The van der Waals surface area contributed by atoms with Crippen molar-refractivity contribution in [3.05, 3.63) is 48.0 Å². The van der Waals surface area contributed by atoms with Crippen molar-refractivity contribution < 1.29 is 0 Å². The molecule has 0 unspecified atom stereocenters. The molecule has 0 bridgehead atoms. The van der Waals surface area contributed by atoms with Crippen molar-refractivity contribution in [3.63, 3.8) is 0 Å². The highest BCUT2D eigenvalue weighted by molar-refractivity contribution is 5.15. The summed E-state index contributed by atoms with van der Waals surface area (Å²) in [6, 6.07) is 11.4. The van der Waals surface area contributed by atoms with Crippen molar-refractivity contribution in [2.24, 2.45) is 0 Å². The second-order valence-electron chi connectivity index (χ2n) is 7.11. The van der Waals surface area contributed by atoms with Gasteiger partial charge in [-0.1, -0.05) is 43.2 Å². The Labute approximate surface area is 144 Å². The maximum absolute atomic E-state index is 4.36. The second kappa shape index (κ2) is 7.45. The van der Waals surface area contributed by atoms with E-state index >= 15 is 0 Å². The third kappa shape index (κ3) is 3.68. The topological polar surface area (TPSA) is 37.2 Å². The highest BCUT2D eigenvalue weighted by Gasteiger charge is 2.26. The summed E-state index contributed by atoms with van der Waals surface area (Å²) < 4.78 is 2.18. The average molecular weight is 325 g/mol. The molecule has 1 aromatic carbocycles. The van der Waals surface area contributed by atoms with E-state index in [0.29, 0.717) is 0 Å². The molecule has 1 aliphatic heterocycles. The summed E-state index contributed by atoms with van der Waals surface area (Å²) in [7, 11) is 0. The lowest BCUT2D eigenvalue weighted by Gasteiger charge is -2.37. The van der Waals surface area contributed by atoms with Crippen molar-refractivity contribution in [1.82, 2.24) is 24.6 Å². The van der Waals surface area contributed by atoms with Gasteiger partial charge in [0, 0.05) is 32.2 Å². The van der Waals surface area contributed by atoms with Crippen LogP contribution in [0.4, 0.5) is 0 Å². The molecule has 2 heterocycles. The van der Waals surface area contributed by atoms with Crippen molar-refractivity contribution in [2.75, 3.05) is 26.2 Å². The highest BCUT2D eigenvalue weighted by atomic mass is 15.3. The third-order valence-corrected chi connectivity index (χ3v) is 5.50. The van der Waals surface area contributed by atoms with Gasteiger partial charge in [0.2, 0.25) is 0 Å². The fourth-order valence-corrected chi connectivity index (χ4v) is 4.07. The molecule has 128 valence electrons. The fourth-order valence-electron chi connectivity index (χ4n) is 4.07. The minimum absolute atomic E-state index is 0.852. The Morgan fingerprint density at radius 1 is 0.917 bits per heavy atom. The van der Waals surface area contributed by atoms with Crippen LogP contribution in [0.15, 0.2) is 36.7 Å². The van der Waals surface area contributed by atoms with Crippen LogP contribution < -0.4 is 0 Å². The molecule has 0 radical (unpaired) electrons. The Morgan fingerprint density at radius 3 is 2.42 bits per heavy atom. The smallest absolute Gasteiger partial charge is 0.147 e. The van der Waals surface area contributed by atoms with Crippen LogP contribution in [-0.2, 0) is 13.1 Å².